The topological polar surface area (TPSA) is 53.7 Å². The van der Waals surface area contributed by atoms with E-state index in [-0.39, 0.29) is 0 Å². The van der Waals surface area contributed by atoms with E-state index in [0.29, 0.717) is 0 Å². The van der Waals surface area contributed by atoms with Crippen molar-refractivity contribution in [2.45, 2.75) is 0 Å². The molecule has 0 atom stereocenters. The molecule has 0 saturated heterocycles. The van der Waals surface area contributed by atoms with Crippen molar-refractivity contribution in [2.75, 3.05) is 5.73 Å². The molecule has 2 heteroatoms. The summed E-state index contributed by atoms with van der Waals surface area (Å²) in [7, 11) is 0. The van der Waals surface area contributed by atoms with E-state index in [1.54, 1.807) is 0 Å². The molecule has 2 aromatic rings. The quantitative estimate of drug-likeness (QED) is 0.581. The predicted molar refractivity (Wildman–Crippen MR) is 68.8 cm³/mol. The molecule has 0 saturated carbocycles. The van der Waals surface area contributed by atoms with Crippen molar-refractivity contribution in [3.05, 3.63) is 59.7 Å². The van der Waals surface area contributed by atoms with Crippen LogP contribution in [0.1, 0.15) is 11.1 Å². The molecule has 0 heterocycles. The van der Waals surface area contributed by atoms with Gasteiger partial charge in [-0.25, -0.2) is 0 Å². The summed E-state index contributed by atoms with van der Waals surface area (Å²) in [4.78, 5) is 0. The summed E-state index contributed by atoms with van der Waals surface area (Å²) in [5.74, 6) is 0. The van der Waals surface area contributed by atoms with Crippen LogP contribution in [0.3, 0.4) is 0 Å². The zero-order valence-corrected chi connectivity index (χ0v) is 9.06. The number of quaternary nitrogens is 1. The molecule has 0 bridgehead atoms. The Morgan fingerprint density at radius 3 is 1.69 bits per heavy atom. The lowest BCUT2D eigenvalue weighted by Gasteiger charge is -1.95. The van der Waals surface area contributed by atoms with E-state index in [1.807, 2.05) is 36.4 Å². The van der Waals surface area contributed by atoms with Gasteiger partial charge in [-0.2, -0.15) is 0 Å². The van der Waals surface area contributed by atoms with Gasteiger partial charge < -0.3 is 11.5 Å². The van der Waals surface area contributed by atoms with E-state index >= 15 is 0 Å². The fourth-order valence-corrected chi connectivity index (χ4v) is 1.43. The van der Waals surface area contributed by atoms with Gasteiger partial charge in [-0.05, 0) is 47.5 Å². The van der Waals surface area contributed by atoms with Crippen LogP contribution in [0, 0.1) is 0 Å². The number of anilines is 1. The smallest absolute Gasteiger partial charge is 0.127 e. The molecule has 0 spiro atoms. The summed E-state index contributed by atoms with van der Waals surface area (Å²) in [5, 5.41) is 0. The summed E-state index contributed by atoms with van der Waals surface area (Å²) in [6, 6.07) is 15.9. The first-order valence-corrected chi connectivity index (χ1v) is 5.20. The third kappa shape index (κ3) is 2.72. The van der Waals surface area contributed by atoms with Gasteiger partial charge in [0.05, 0.1) is 0 Å². The maximum atomic E-state index is 5.62. The maximum Gasteiger partial charge on any atom is 0.127 e. The summed E-state index contributed by atoms with van der Waals surface area (Å²) in [6.45, 7) is 0. The van der Waals surface area contributed by atoms with Crippen molar-refractivity contribution in [1.82, 2.24) is 0 Å². The lowest BCUT2D eigenvalue weighted by Crippen LogP contribution is -2.39. The van der Waals surface area contributed by atoms with Crippen LogP contribution in [0.15, 0.2) is 48.5 Å². The first-order valence-electron chi connectivity index (χ1n) is 5.20. The molecule has 0 fully saturated rings. The number of nitrogens with two attached hydrogens (primary N) is 1. The van der Waals surface area contributed by atoms with E-state index in [4.69, 9.17) is 5.73 Å². The second kappa shape index (κ2) is 4.64. The van der Waals surface area contributed by atoms with Gasteiger partial charge in [0, 0.05) is 5.69 Å². The van der Waals surface area contributed by atoms with Crippen LogP contribution in [-0.2, 0) is 0 Å². The molecule has 0 aliphatic carbocycles. The van der Waals surface area contributed by atoms with Gasteiger partial charge in [-0.15, -0.1) is 0 Å². The Kier molecular flexibility index (Phi) is 3.03. The Morgan fingerprint density at radius 1 is 0.750 bits per heavy atom. The SMILES string of the molecule is Nc1ccc(/C=C/c2ccc([NH3+])cc2)cc1. The highest BCUT2D eigenvalue weighted by molar-refractivity contribution is 5.70. The second-order valence-corrected chi connectivity index (χ2v) is 3.74. The minimum Gasteiger partial charge on any atom is -0.399 e. The van der Waals surface area contributed by atoms with Gasteiger partial charge in [0.25, 0.3) is 0 Å². The van der Waals surface area contributed by atoms with Gasteiger partial charge in [-0.1, -0.05) is 24.3 Å². The number of nitrogen functional groups attached to an aromatic ring is 1. The van der Waals surface area contributed by atoms with Crippen LogP contribution >= 0.6 is 0 Å². The monoisotopic (exact) mass is 211 g/mol. The zero-order chi connectivity index (χ0) is 11.4. The van der Waals surface area contributed by atoms with Gasteiger partial charge >= 0.3 is 0 Å². The average molecular weight is 211 g/mol. The lowest BCUT2D eigenvalue weighted by atomic mass is 10.1. The molecule has 5 N–H and O–H groups in total. The molecule has 2 rings (SSSR count). The van der Waals surface area contributed by atoms with E-state index in [0.717, 1.165) is 16.9 Å². The molecule has 0 aliphatic rings. The highest BCUT2D eigenvalue weighted by Crippen LogP contribution is 2.11. The van der Waals surface area contributed by atoms with Gasteiger partial charge in [0.1, 0.15) is 5.69 Å². The molecule has 16 heavy (non-hydrogen) atoms. The Morgan fingerprint density at radius 2 is 1.19 bits per heavy atom. The number of benzene rings is 2. The molecular formula is C14H15N2+. The molecule has 0 unspecified atom stereocenters. The molecule has 0 aromatic heterocycles. The van der Waals surface area contributed by atoms with Crippen molar-refractivity contribution in [3.63, 3.8) is 0 Å². The largest absolute Gasteiger partial charge is 0.399 e. The van der Waals surface area contributed by atoms with Gasteiger partial charge in [0.15, 0.2) is 0 Å². The van der Waals surface area contributed by atoms with Gasteiger partial charge in [-0.3, -0.25) is 0 Å². The third-order valence-corrected chi connectivity index (χ3v) is 2.38. The van der Waals surface area contributed by atoms with Crippen LogP contribution in [0.4, 0.5) is 11.4 Å². The van der Waals surface area contributed by atoms with Crippen molar-refractivity contribution in [2.24, 2.45) is 0 Å². The Balaban J connectivity index is 2.15. The molecule has 2 aromatic carbocycles. The molecule has 0 aliphatic heterocycles. The van der Waals surface area contributed by atoms with Crippen LogP contribution in [0.25, 0.3) is 12.2 Å². The van der Waals surface area contributed by atoms with Crippen LogP contribution < -0.4 is 11.5 Å². The minimum atomic E-state index is 0.790. The fourth-order valence-electron chi connectivity index (χ4n) is 1.43. The minimum absolute atomic E-state index is 0.790. The Labute approximate surface area is 95.2 Å². The summed E-state index contributed by atoms with van der Waals surface area (Å²) >= 11 is 0. The molecule has 2 nitrogen and oxygen atoms in total. The van der Waals surface area contributed by atoms with Gasteiger partial charge in [0.2, 0.25) is 0 Å². The van der Waals surface area contributed by atoms with Crippen molar-refractivity contribution >= 4 is 23.5 Å². The van der Waals surface area contributed by atoms with E-state index < -0.39 is 0 Å². The Hall–Kier alpha value is -2.06. The normalized spacial score (nSPS) is 10.8. The predicted octanol–water partition coefficient (Wildman–Crippen LogP) is 2.31. The summed E-state index contributed by atoms with van der Waals surface area (Å²) < 4.78 is 0. The van der Waals surface area contributed by atoms with E-state index in [2.05, 4.69) is 30.0 Å². The number of hydrogen-bond donors (Lipinski definition) is 2. The lowest BCUT2D eigenvalue weighted by molar-refractivity contribution is -0.254. The standard InChI is InChI=1S/C14H14N2/c15-13-7-3-11(4-8-13)1-2-12-5-9-14(16)10-6-12/h1-10H,15-16H2/p+1/b2-1+. The van der Waals surface area contributed by atoms with Crippen LogP contribution in [0.2, 0.25) is 0 Å². The average Bonchev–Trinajstić information content (AvgIpc) is 2.30. The maximum absolute atomic E-state index is 5.62. The molecule has 80 valence electrons. The highest BCUT2D eigenvalue weighted by Gasteiger charge is 1.90. The highest BCUT2D eigenvalue weighted by atomic mass is 14.5. The van der Waals surface area contributed by atoms with Crippen LogP contribution in [0.5, 0.6) is 0 Å². The first-order chi connectivity index (χ1) is 7.74. The zero-order valence-electron chi connectivity index (χ0n) is 9.06. The number of hydrogen-bond acceptors (Lipinski definition) is 1. The Bertz CT molecular complexity index is 434. The van der Waals surface area contributed by atoms with E-state index in [9.17, 15) is 0 Å². The number of rotatable bonds is 2. The first kappa shape index (κ1) is 10.5. The second-order valence-electron chi connectivity index (χ2n) is 3.74. The molecular weight excluding hydrogens is 196 g/mol. The fraction of sp³-hybridized carbons (Fsp3) is 0. The summed E-state index contributed by atoms with van der Waals surface area (Å²) in [5.41, 5.74) is 13.6. The van der Waals surface area contributed by atoms with E-state index in [1.165, 1.54) is 5.56 Å². The molecule has 0 amide bonds. The molecule has 0 radical (unpaired) electrons. The third-order valence-electron chi connectivity index (χ3n) is 2.38. The van der Waals surface area contributed by atoms with Crippen molar-refractivity contribution in [1.29, 1.82) is 0 Å². The summed E-state index contributed by atoms with van der Waals surface area (Å²) in [6.07, 6.45) is 4.14. The van der Waals surface area contributed by atoms with Crippen molar-refractivity contribution < 1.29 is 5.73 Å². The van der Waals surface area contributed by atoms with Crippen LogP contribution in [-0.4, -0.2) is 0 Å². The van der Waals surface area contributed by atoms with Crippen molar-refractivity contribution in [3.8, 4) is 0 Å².